The maximum absolute atomic E-state index is 13.4. The van der Waals surface area contributed by atoms with Gasteiger partial charge in [-0.15, -0.1) is 0 Å². The van der Waals surface area contributed by atoms with Crippen LogP contribution >= 0.6 is 23.4 Å². The molecule has 0 spiro atoms. The number of para-hydroxylation sites is 1. The molecule has 144 valence electrons. The van der Waals surface area contributed by atoms with E-state index in [-0.39, 0.29) is 11.8 Å². The number of rotatable bonds is 5. The van der Waals surface area contributed by atoms with Crippen LogP contribution in [0.4, 0.5) is 11.4 Å². The zero-order valence-electron chi connectivity index (χ0n) is 15.6. The number of carbonyl (C=O) groups is 2. The molecule has 3 aromatic rings. The second-order valence-corrected chi connectivity index (χ2v) is 7.93. The van der Waals surface area contributed by atoms with Gasteiger partial charge in [0.05, 0.1) is 5.69 Å². The minimum absolute atomic E-state index is 0.343. The SMILES string of the molecule is CN(C1=C(Sc2ccccc2)C(=O)N(c2cccc(Cl)c2)C1=O)c1ccccc1. The Morgan fingerprint density at radius 2 is 1.48 bits per heavy atom. The van der Waals surface area contributed by atoms with Gasteiger partial charge < -0.3 is 4.90 Å². The van der Waals surface area contributed by atoms with Gasteiger partial charge in [0.15, 0.2) is 0 Å². The molecule has 0 aromatic heterocycles. The van der Waals surface area contributed by atoms with Gasteiger partial charge in [-0.2, -0.15) is 0 Å². The van der Waals surface area contributed by atoms with Crippen molar-refractivity contribution in [3.05, 3.63) is 101 Å². The molecule has 0 unspecified atom stereocenters. The number of anilines is 2. The molecule has 0 N–H and O–H groups in total. The number of likely N-dealkylation sites (N-methyl/N-ethyl adjacent to an activating group) is 1. The summed E-state index contributed by atoms with van der Waals surface area (Å²) >= 11 is 7.39. The van der Waals surface area contributed by atoms with Crippen molar-refractivity contribution in [2.24, 2.45) is 0 Å². The van der Waals surface area contributed by atoms with Crippen molar-refractivity contribution in [2.45, 2.75) is 4.90 Å². The van der Waals surface area contributed by atoms with Gasteiger partial charge in [-0.1, -0.05) is 65.8 Å². The molecule has 4 nitrogen and oxygen atoms in total. The van der Waals surface area contributed by atoms with Gasteiger partial charge in [0.1, 0.15) is 10.6 Å². The third kappa shape index (κ3) is 3.79. The van der Waals surface area contributed by atoms with Crippen molar-refractivity contribution >= 4 is 46.6 Å². The molecule has 1 aliphatic heterocycles. The van der Waals surface area contributed by atoms with Crippen LogP contribution in [-0.4, -0.2) is 18.9 Å². The molecule has 4 rings (SSSR count). The number of hydrogen-bond donors (Lipinski definition) is 0. The normalized spacial score (nSPS) is 13.9. The second-order valence-electron chi connectivity index (χ2n) is 6.41. The fourth-order valence-electron chi connectivity index (χ4n) is 3.12. The monoisotopic (exact) mass is 420 g/mol. The second kappa shape index (κ2) is 8.15. The average Bonchev–Trinajstić information content (AvgIpc) is 2.98. The van der Waals surface area contributed by atoms with Gasteiger partial charge in [0.25, 0.3) is 11.8 Å². The first-order valence-corrected chi connectivity index (χ1v) is 10.2. The van der Waals surface area contributed by atoms with Gasteiger partial charge >= 0.3 is 0 Å². The third-order valence-electron chi connectivity index (χ3n) is 4.53. The fourth-order valence-corrected chi connectivity index (χ4v) is 4.34. The highest BCUT2D eigenvalue weighted by molar-refractivity contribution is 8.04. The maximum atomic E-state index is 13.4. The van der Waals surface area contributed by atoms with Crippen LogP contribution in [0.25, 0.3) is 0 Å². The van der Waals surface area contributed by atoms with Crippen molar-refractivity contribution in [1.29, 1.82) is 0 Å². The zero-order chi connectivity index (χ0) is 20.4. The van der Waals surface area contributed by atoms with Crippen LogP contribution in [0.15, 0.2) is 100 Å². The minimum atomic E-state index is -0.373. The number of hydrogen-bond acceptors (Lipinski definition) is 4. The predicted octanol–water partition coefficient (Wildman–Crippen LogP) is 5.35. The molecule has 3 aromatic carbocycles. The number of imide groups is 1. The first-order valence-electron chi connectivity index (χ1n) is 8.96. The Bertz CT molecular complexity index is 1100. The number of benzene rings is 3. The van der Waals surface area contributed by atoms with Gasteiger partial charge in [-0.3, -0.25) is 9.59 Å². The lowest BCUT2D eigenvalue weighted by Crippen LogP contribution is -2.34. The van der Waals surface area contributed by atoms with Crippen molar-refractivity contribution in [1.82, 2.24) is 0 Å². The third-order valence-corrected chi connectivity index (χ3v) is 5.84. The highest BCUT2D eigenvalue weighted by Crippen LogP contribution is 2.39. The lowest BCUT2D eigenvalue weighted by atomic mass is 10.2. The van der Waals surface area contributed by atoms with E-state index in [4.69, 9.17) is 11.6 Å². The Balaban J connectivity index is 1.80. The molecular formula is C23H17ClN2O2S. The smallest absolute Gasteiger partial charge is 0.283 e. The number of carbonyl (C=O) groups excluding carboxylic acids is 2. The van der Waals surface area contributed by atoms with Crippen LogP contribution in [0.2, 0.25) is 5.02 Å². The number of nitrogens with zero attached hydrogens (tertiary/aromatic N) is 2. The Kier molecular flexibility index (Phi) is 5.43. The maximum Gasteiger partial charge on any atom is 0.283 e. The minimum Gasteiger partial charge on any atom is -0.339 e. The molecule has 0 bridgehead atoms. The largest absolute Gasteiger partial charge is 0.339 e. The summed E-state index contributed by atoms with van der Waals surface area (Å²) in [6.45, 7) is 0. The molecule has 6 heteroatoms. The van der Waals surface area contributed by atoms with E-state index in [0.717, 1.165) is 10.6 Å². The van der Waals surface area contributed by atoms with Crippen molar-refractivity contribution < 1.29 is 9.59 Å². The fraction of sp³-hybridized carbons (Fsp3) is 0.0435. The summed E-state index contributed by atoms with van der Waals surface area (Å²) in [5.41, 5.74) is 1.62. The van der Waals surface area contributed by atoms with Crippen LogP contribution in [0, 0.1) is 0 Å². The molecule has 0 saturated heterocycles. The Labute approximate surface area is 178 Å². The summed E-state index contributed by atoms with van der Waals surface area (Å²) in [4.78, 5) is 30.9. The number of amides is 2. The van der Waals surface area contributed by atoms with E-state index in [9.17, 15) is 9.59 Å². The van der Waals surface area contributed by atoms with E-state index in [2.05, 4.69) is 0 Å². The van der Waals surface area contributed by atoms with Crippen LogP contribution in [0.3, 0.4) is 0 Å². The average molecular weight is 421 g/mol. The van der Waals surface area contributed by atoms with Gasteiger partial charge in [-0.05, 0) is 42.5 Å². The van der Waals surface area contributed by atoms with Crippen LogP contribution < -0.4 is 9.80 Å². The molecule has 1 heterocycles. The summed E-state index contributed by atoms with van der Waals surface area (Å²) in [5.74, 6) is -0.731. The molecule has 1 aliphatic rings. The van der Waals surface area contributed by atoms with Gasteiger partial charge in [0.2, 0.25) is 0 Å². The molecule has 0 fully saturated rings. The van der Waals surface area contributed by atoms with Gasteiger partial charge in [0, 0.05) is 22.7 Å². The number of halogens is 1. The Morgan fingerprint density at radius 3 is 2.14 bits per heavy atom. The molecule has 29 heavy (non-hydrogen) atoms. The van der Waals surface area contributed by atoms with Crippen molar-refractivity contribution in [2.75, 3.05) is 16.8 Å². The summed E-state index contributed by atoms with van der Waals surface area (Å²) in [5, 5.41) is 0.463. The molecule has 0 atom stereocenters. The lowest BCUT2D eigenvalue weighted by molar-refractivity contribution is -0.120. The van der Waals surface area contributed by atoms with E-state index in [1.54, 1.807) is 36.2 Å². The van der Waals surface area contributed by atoms with Gasteiger partial charge in [-0.25, -0.2) is 4.90 Å². The zero-order valence-corrected chi connectivity index (χ0v) is 17.2. The summed E-state index contributed by atoms with van der Waals surface area (Å²) < 4.78 is 0. The van der Waals surface area contributed by atoms with Crippen LogP contribution in [0.5, 0.6) is 0 Å². The highest BCUT2D eigenvalue weighted by atomic mass is 35.5. The molecule has 0 aliphatic carbocycles. The van der Waals surface area contributed by atoms with E-state index in [0.29, 0.717) is 21.3 Å². The molecular weight excluding hydrogens is 404 g/mol. The van der Waals surface area contributed by atoms with E-state index >= 15 is 0 Å². The van der Waals surface area contributed by atoms with Crippen molar-refractivity contribution in [3.63, 3.8) is 0 Å². The topological polar surface area (TPSA) is 40.6 Å². The van der Waals surface area contributed by atoms with E-state index in [1.165, 1.54) is 16.7 Å². The highest BCUT2D eigenvalue weighted by Gasteiger charge is 2.42. The first-order chi connectivity index (χ1) is 14.1. The standard InChI is InChI=1S/C23H17ClN2O2S/c1-25(17-10-4-2-5-11-17)20-21(29-19-13-6-3-7-14-19)23(28)26(22(20)27)18-12-8-9-16(24)15-18/h2-15H,1H3. The van der Waals surface area contributed by atoms with Crippen LogP contribution in [0.1, 0.15) is 0 Å². The molecule has 0 radical (unpaired) electrons. The van der Waals surface area contributed by atoms with Crippen molar-refractivity contribution in [3.8, 4) is 0 Å². The number of thioether (sulfide) groups is 1. The summed E-state index contributed by atoms with van der Waals surface area (Å²) in [6.07, 6.45) is 0. The summed E-state index contributed by atoms with van der Waals surface area (Å²) in [7, 11) is 1.79. The molecule has 2 amide bonds. The van der Waals surface area contributed by atoms with Crippen LogP contribution in [-0.2, 0) is 9.59 Å². The Hall–Kier alpha value is -3.02. The quantitative estimate of drug-likeness (QED) is 0.521. The Morgan fingerprint density at radius 1 is 0.828 bits per heavy atom. The predicted molar refractivity (Wildman–Crippen MR) is 118 cm³/mol. The summed E-state index contributed by atoms with van der Waals surface area (Å²) in [6, 6.07) is 25.8. The van der Waals surface area contributed by atoms with E-state index < -0.39 is 0 Å². The van der Waals surface area contributed by atoms with E-state index in [1.807, 2.05) is 60.7 Å². The lowest BCUT2D eigenvalue weighted by Gasteiger charge is -2.21. The first kappa shape index (κ1) is 19.3. The molecule has 0 saturated carbocycles.